The topological polar surface area (TPSA) is 86.8 Å². The molecule has 0 N–H and O–H groups in total. The average Bonchev–Trinajstić information content (AvgIpc) is 3.25. The summed E-state index contributed by atoms with van der Waals surface area (Å²) in [5, 5.41) is 4.23. The molecule has 1 fully saturated rings. The van der Waals surface area contributed by atoms with E-state index in [4.69, 9.17) is 14.5 Å². The van der Waals surface area contributed by atoms with Crippen molar-refractivity contribution in [2.45, 2.75) is 51.7 Å². The molecule has 0 saturated carbocycles. The number of fused-ring (bicyclic) bond motifs is 1. The van der Waals surface area contributed by atoms with E-state index in [1.54, 1.807) is 22.0 Å². The van der Waals surface area contributed by atoms with Crippen molar-refractivity contribution >= 4 is 11.7 Å². The molecule has 1 amide bonds. The van der Waals surface area contributed by atoms with Crippen LogP contribution in [0.1, 0.15) is 40.0 Å². The number of imidazole rings is 1. The lowest BCUT2D eigenvalue weighted by Gasteiger charge is -2.26. The number of nitrogens with zero attached hydrogens (tertiary/aromatic N) is 6. The number of aryl methyl sites for hydroxylation is 1. The Morgan fingerprint density at radius 3 is 2.80 bits per heavy atom. The van der Waals surface area contributed by atoms with Crippen molar-refractivity contribution in [2.75, 3.05) is 13.1 Å². The predicted octanol–water partition coefficient (Wildman–Crippen LogP) is 3.30. The molecule has 1 atom stereocenters. The molecule has 9 nitrogen and oxygen atoms in total. The molecule has 4 heterocycles. The zero-order valence-corrected chi connectivity index (χ0v) is 17.9. The van der Waals surface area contributed by atoms with Crippen LogP contribution in [0.2, 0.25) is 0 Å². The molecule has 1 aliphatic heterocycles. The van der Waals surface area contributed by atoms with Gasteiger partial charge >= 0.3 is 12.1 Å². The zero-order chi connectivity index (χ0) is 21.3. The fourth-order valence-corrected chi connectivity index (χ4v) is 3.52. The Morgan fingerprint density at radius 1 is 1.23 bits per heavy atom. The molecule has 0 aromatic carbocycles. The van der Waals surface area contributed by atoms with Gasteiger partial charge in [0.2, 0.25) is 0 Å². The van der Waals surface area contributed by atoms with Gasteiger partial charge in [-0.3, -0.25) is 9.08 Å². The number of rotatable bonds is 3. The number of carbonyl (C=O) groups is 1. The monoisotopic (exact) mass is 412 g/mol. The SMILES string of the molecule is Cn1cc(-c2cc3nccn3c(O[C@H]3CCCN(C(=O)OC(C)(C)C)CC3)n2)cn1. The third-order valence-corrected chi connectivity index (χ3v) is 4.96. The van der Waals surface area contributed by atoms with E-state index < -0.39 is 5.60 Å². The third kappa shape index (κ3) is 4.55. The lowest BCUT2D eigenvalue weighted by molar-refractivity contribution is 0.0251. The van der Waals surface area contributed by atoms with Crippen LogP contribution in [0.25, 0.3) is 16.9 Å². The Morgan fingerprint density at radius 2 is 2.07 bits per heavy atom. The summed E-state index contributed by atoms with van der Waals surface area (Å²) in [6, 6.07) is 2.42. The Hall–Kier alpha value is -3.10. The maximum absolute atomic E-state index is 12.4. The van der Waals surface area contributed by atoms with Gasteiger partial charge in [-0.25, -0.2) is 9.78 Å². The van der Waals surface area contributed by atoms with Gasteiger partial charge in [-0.05, 0) is 33.6 Å². The Labute approximate surface area is 175 Å². The molecule has 160 valence electrons. The predicted molar refractivity (Wildman–Crippen MR) is 111 cm³/mol. The first-order valence-electron chi connectivity index (χ1n) is 10.3. The first kappa shape index (κ1) is 20.2. The highest BCUT2D eigenvalue weighted by Gasteiger charge is 2.26. The van der Waals surface area contributed by atoms with Crippen LogP contribution in [-0.2, 0) is 11.8 Å². The number of likely N-dealkylation sites (tertiary alicyclic amines) is 1. The van der Waals surface area contributed by atoms with Crippen molar-refractivity contribution in [3.8, 4) is 17.3 Å². The highest BCUT2D eigenvalue weighted by atomic mass is 16.6. The summed E-state index contributed by atoms with van der Waals surface area (Å²) in [5.74, 6) is 0. The number of hydrogen-bond donors (Lipinski definition) is 0. The summed E-state index contributed by atoms with van der Waals surface area (Å²) in [5.41, 5.74) is 1.94. The first-order chi connectivity index (χ1) is 14.3. The molecular formula is C21H28N6O3. The van der Waals surface area contributed by atoms with Crippen molar-refractivity contribution < 1.29 is 14.3 Å². The van der Waals surface area contributed by atoms with Gasteiger partial charge in [0.25, 0.3) is 0 Å². The van der Waals surface area contributed by atoms with Gasteiger partial charge in [0.05, 0.1) is 11.9 Å². The van der Waals surface area contributed by atoms with E-state index in [1.807, 2.05) is 50.7 Å². The van der Waals surface area contributed by atoms with Gasteiger partial charge in [0, 0.05) is 56.8 Å². The van der Waals surface area contributed by atoms with Gasteiger partial charge in [0.1, 0.15) is 17.4 Å². The van der Waals surface area contributed by atoms with E-state index in [2.05, 4.69) is 10.1 Å². The molecule has 0 unspecified atom stereocenters. The van der Waals surface area contributed by atoms with Crippen LogP contribution >= 0.6 is 0 Å². The standard InChI is InChI=1S/C21H28N6O3/c1-21(2,3)30-20(28)26-9-5-6-16(7-10-26)29-19-24-17(15-13-23-25(4)14-15)12-18-22-8-11-27(18)19/h8,11-14,16H,5-7,9-10H2,1-4H3/t16-/m0/s1. The molecule has 9 heteroatoms. The van der Waals surface area contributed by atoms with Crippen molar-refractivity contribution in [3.05, 3.63) is 30.9 Å². The molecule has 1 aliphatic rings. The molecule has 3 aromatic heterocycles. The van der Waals surface area contributed by atoms with E-state index in [0.29, 0.717) is 25.5 Å². The lowest BCUT2D eigenvalue weighted by Crippen LogP contribution is -2.37. The summed E-state index contributed by atoms with van der Waals surface area (Å²) < 4.78 is 15.4. The van der Waals surface area contributed by atoms with Crippen molar-refractivity contribution in [1.29, 1.82) is 0 Å². The number of amides is 1. The number of carbonyl (C=O) groups excluding carboxylic acids is 1. The van der Waals surface area contributed by atoms with Gasteiger partial charge in [0.15, 0.2) is 0 Å². The van der Waals surface area contributed by atoms with E-state index in [-0.39, 0.29) is 12.2 Å². The summed E-state index contributed by atoms with van der Waals surface area (Å²) in [4.78, 5) is 23.3. The maximum Gasteiger partial charge on any atom is 0.410 e. The van der Waals surface area contributed by atoms with E-state index in [1.165, 1.54) is 0 Å². The van der Waals surface area contributed by atoms with Gasteiger partial charge < -0.3 is 14.4 Å². The highest BCUT2D eigenvalue weighted by Crippen LogP contribution is 2.25. The number of ether oxygens (including phenoxy) is 2. The van der Waals surface area contributed by atoms with Crippen LogP contribution in [0.4, 0.5) is 4.79 Å². The van der Waals surface area contributed by atoms with E-state index in [9.17, 15) is 4.79 Å². The van der Waals surface area contributed by atoms with E-state index >= 15 is 0 Å². The normalized spacial score (nSPS) is 17.7. The fourth-order valence-electron chi connectivity index (χ4n) is 3.52. The first-order valence-corrected chi connectivity index (χ1v) is 10.3. The molecule has 0 bridgehead atoms. The van der Waals surface area contributed by atoms with Gasteiger partial charge in [-0.1, -0.05) is 0 Å². The Balaban J connectivity index is 1.50. The summed E-state index contributed by atoms with van der Waals surface area (Å²) >= 11 is 0. The van der Waals surface area contributed by atoms with Crippen molar-refractivity contribution in [1.82, 2.24) is 29.0 Å². The maximum atomic E-state index is 12.4. The summed E-state index contributed by atoms with van der Waals surface area (Å²) in [6.07, 6.45) is 9.35. The molecule has 3 aromatic rings. The summed E-state index contributed by atoms with van der Waals surface area (Å²) in [7, 11) is 1.87. The number of aromatic nitrogens is 5. The smallest absolute Gasteiger partial charge is 0.410 e. The van der Waals surface area contributed by atoms with Crippen LogP contribution in [0, 0.1) is 0 Å². The van der Waals surface area contributed by atoms with Crippen LogP contribution in [0.3, 0.4) is 0 Å². The minimum absolute atomic E-state index is 0.0420. The minimum Gasteiger partial charge on any atom is -0.461 e. The third-order valence-electron chi connectivity index (χ3n) is 4.96. The van der Waals surface area contributed by atoms with Crippen LogP contribution < -0.4 is 4.74 Å². The Bertz CT molecular complexity index is 1030. The zero-order valence-electron chi connectivity index (χ0n) is 17.9. The molecule has 1 saturated heterocycles. The minimum atomic E-state index is -0.497. The second kappa shape index (κ2) is 7.97. The van der Waals surface area contributed by atoms with Crippen molar-refractivity contribution in [2.24, 2.45) is 7.05 Å². The van der Waals surface area contributed by atoms with Gasteiger partial charge in [-0.15, -0.1) is 0 Å². The van der Waals surface area contributed by atoms with Crippen LogP contribution in [0.15, 0.2) is 30.9 Å². The number of hydrogen-bond acceptors (Lipinski definition) is 6. The average molecular weight is 412 g/mol. The van der Waals surface area contributed by atoms with E-state index in [0.717, 1.165) is 29.7 Å². The quantitative estimate of drug-likeness (QED) is 0.656. The second-order valence-electron chi connectivity index (χ2n) is 8.62. The molecule has 0 spiro atoms. The molecule has 0 radical (unpaired) electrons. The van der Waals surface area contributed by atoms with Crippen LogP contribution in [-0.4, -0.2) is 59.9 Å². The molecule has 30 heavy (non-hydrogen) atoms. The molecule has 0 aliphatic carbocycles. The van der Waals surface area contributed by atoms with Crippen LogP contribution in [0.5, 0.6) is 6.01 Å². The molecule has 4 rings (SSSR count). The highest BCUT2D eigenvalue weighted by molar-refractivity contribution is 5.68. The summed E-state index contributed by atoms with van der Waals surface area (Å²) in [6.45, 7) is 6.90. The second-order valence-corrected chi connectivity index (χ2v) is 8.62. The van der Waals surface area contributed by atoms with Crippen molar-refractivity contribution in [3.63, 3.8) is 0 Å². The largest absolute Gasteiger partial charge is 0.461 e. The lowest BCUT2D eigenvalue weighted by atomic mass is 10.2. The fraction of sp³-hybridized carbons (Fsp3) is 0.524. The Kier molecular flexibility index (Phi) is 5.36. The molecular weight excluding hydrogens is 384 g/mol. The van der Waals surface area contributed by atoms with Gasteiger partial charge in [-0.2, -0.15) is 10.1 Å².